The number of amides is 1. The number of rotatable bonds is 6. The van der Waals surface area contributed by atoms with E-state index in [0.717, 1.165) is 30.4 Å². The number of aromatic nitrogens is 5. The van der Waals surface area contributed by atoms with Crippen molar-refractivity contribution < 1.29 is 4.79 Å². The molecule has 0 spiro atoms. The van der Waals surface area contributed by atoms with Crippen LogP contribution in [0.1, 0.15) is 53.3 Å². The van der Waals surface area contributed by atoms with Crippen molar-refractivity contribution in [3.8, 4) is 0 Å². The monoisotopic (exact) mass is 470 g/mol. The van der Waals surface area contributed by atoms with Crippen LogP contribution in [0.15, 0.2) is 53.3 Å². The number of carbonyl (C=O) groups is 1. The van der Waals surface area contributed by atoms with E-state index in [0.29, 0.717) is 37.5 Å². The second-order valence-corrected chi connectivity index (χ2v) is 9.44. The van der Waals surface area contributed by atoms with E-state index in [1.807, 2.05) is 23.1 Å². The molecule has 35 heavy (non-hydrogen) atoms. The van der Waals surface area contributed by atoms with Crippen LogP contribution in [0.25, 0.3) is 11.2 Å². The Labute approximate surface area is 204 Å². The fourth-order valence-electron chi connectivity index (χ4n) is 4.77. The highest BCUT2D eigenvalue weighted by atomic mass is 16.2. The molecule has 1 aliphatic heterocycles. The summed E-state index contributed by atoms with van der Waals surface area (Å²) in [6.07, 6.45) is 2.80. The van der Waals surface area contributed by atoms with E-state index in [9.17, 15) is 9.59 Å². The summed E-state index contributed by atoms with van der Waals surface area (Å²) in [5.41, 5.74) is 5.14. The first-order chi connectivity index (χ1) is 17.0. The first-order valence-corrected chi connectivity index (χ1v) is 12.2. The lowest BCUT2D eigenvalue weighted by atomic mass is 9.95. The molecule has 1 amide bonds. The fraction of sp³-hybridized carbons (Fsp3) is 0.370. The van der Waals surface area contributed by atoms with E-state index >= 15 is 0 Å². The Morgan fingerprint density at radius 3 is 2.63 bits per heavy atom. The lowest BCUT2D eigenvalue weighted by molar-refractivity contribution is -0.132. The van der Waals surface area contributed by atoms with Crippen LogP contribution in [-0.4, -0.2) is 48.9 Å². The van der Waals surface area contributed by atoms with Gasteiger partial charge in [-0.2, -0.15) is 0 Å². The summed E-state index contributed by atoms with van der Waals surface area (Å²) in [5, 5.41) is 8.31. The topological polar surface area (TPSA) is 96.8 Å². The van der Waals surface area contributed by atoms with Gasteiger partial charge in [-0.25, -0.2) is 9.67 Å². The zero-order valence-electron chi connectivity index (χ0n) is 20.2. The highest BCUT2D eigenvalue weighted by Crippen LogP contribution is 2.26. The van der Waals surface area contributed by atoms with Crippen molar-refractivity contribution in [1.82, 2.24) is 29.9 Å². The van der Waals surface area contributed by atoms with Gasteiger partial charge < -0.3 is 9.88 Å². The number of H-pyrrole nitrogens is 1. The van der Waals surface area contributed by atoms with Crippen molar-refractivity contribution in [3.63, 3.8) is 0 Å². The highest BCUT2D eigenvalue weighted by Gasteiger charge is 2.26. The lowest BCUT2D eigenvalue weighted by Crippen LogP contribution is -2.38. The molecule has 0 atom stereocenters. The molecule has 8 heteroatoms. The smallest absolute Gasteiger partial charge is 0.281 e. The average Bonchev–Trinajstić information content (AvgIpc) is 3.28. The van der Waals surface area contributed by atoms with Crippen molar-refractivity contribution in [1.29, 1.82) is 0 Å². The van der Waals surface area contributed by atoms with Gasteiger partial charge >= 0.3 is 0 Å². The molecule has 1 saturated heterocycles. The van der Waals surface area contributed by atoms with E-state index in [4.69, 9.17) is 4.98 Å². The van der Waals surface area contributed by atoms with E-state index in [1.54, 1.807) is 4.68 Å². The van der Waals surface area contributed by atoms with Crippen molar-refractivity contribution >= 4 is 17.1 Å². The van der Waals surface area contributed by atoms with Crippen LogP contribution in [-0.2, 0) is 17.8 Å². The zero-order valence-corrected chi connectivity index (χ0v) is 20.2. The molecule has 180 valence electrons. The van der Waals surface area contributed by atoms with Gasteiger partial charge in [-0.05, 0) is 49.8 Å². The van der Waals surface area contributed by atoms with Gasteiger partial charge in [-0.3, -0.25) is 9.59 Å². The molecule has 0 radical (unpaired) electrons. The Morgan fingerprint density at radius 1 is 1.09 bits per heavy atom. The first kappa shape index (κ1) is 23.0. The van der Waals surface area contributed by atoms with E-state index in [-0.39, 0.29) is 22.9 Å². The minimum atomic E-state index is -0.265. The standard InChI is InChI=1S/C27H30N6O2/c1-18-8-9-19(2)22(16-18)17-33-26-24(30-31-33)27(35)29-25(28-26)21-12-14-32(15-13-21)23(34)11-10-20-6-4-3-5-7-20/h3-9,16,21H,10-15,17H2,1-2H3,(H,28,29,35). The number of nitrogens with zero attached hydrogens (tertiary/aromatic N) is 5. The van der Waals surface area contributed by atoms with Crippen LogP contribution >= 0.6 is 0 Å². The van der Waals surface area contributed by atoms with Gasteiger partial charge in [0.15, 0.2) is 11.2 Å². The molecular weight excluding hydrogens is 440 g/mol. The van der Waals surface area contributed by atoms with Gasteiger partial charge in [0, 0.05) is 25.4 Å². The maximum atomic E-state index is 12.7. The molecule has 1 fully saturated rings. The van der Waals surface area contributed by atoms with Crippen LogP contribution in [0.3, 0.4) is 0 Å². The van der Waals surface area contributed by atoms with Gasteiger partial charge in [0.05, 0.1) is 6.54 Å². The summed E-state index contributed by atoms with van der Waals surface area (Å²) in [6, 6.07) is 16.4. The highest BCUT2D eigenvalue weighted by molar-refractivity contribution is 5.76. The number of benzene rings is 2. The zero-order chi connectivity index (χ0) is 24.4. The number of fused-ring (bicyclic) bond motifs is 1. The number of aromatic amines is 1. The molecule has 4 aromatic rings. The largest absolute Gasteiger partial charge is 0.343 e. The van der Waals surface area contributed by atoms with Crippen molar-refractivity contribution in [2.24, 2.45) is 0 Å². The van der Waals surface area contributed by atoms with Crippen LogP contribution in [0.2, 0.25) is 0 Å². The Hall–Kier alpha value is -3.81. The maximum Gasteiger partial charge on any atom is 0.281 e. The third kappa shape index (κ3) is 5.01. The number of nitrogens with one attached hydrogen (secondary N) is 1. The number of hydrogen-bond acceptors (Lipinski definition) is 5. The number of hydrogen-bond donors (Lipinski definition) is 1. The number of piperidine rings is 1. The second kappa shape index (κ2) is 9.82. The third-order valence-corrected chi connectivity index (χ3v) is 6.92. The minimum absolute atomic E-state index is 0.0920. The summed E-state index contributed by atoms with van der Waals surface area (Å²) in [5.74, 6) is 0.928. The van der Waals surface area contributed by atoms with Gasteiger partial charge in [-0.1, -0.05) is 59.3 Å². The van der Waals surface area contributed by atoms with Gasteiger partial charge in [0.1, 0.15) is 5.82 Å². The molecular formula is C27H30N6O2. The third-order valence-electron chi connectivity index (χ3n) is 6.92. The summed E-state index contributed by atoms with van der Waals surface area (Å²) in [4.78, 5) is 35.1. The van der Waals surface area contributed by atoms with Gasteiger partial charge in [-0.15, -0.1) is 5.10 Å². The predicted molar refractivity (Wildman–Crippen MR) is 134 cm³/mol. The Kier molecular flexibility index (Phi) is 6.44. The van der Waals surface area contributed by atoms with E-state index < -0.39 is 0 Å². The Balaban J connectivity index is 1.28. The molecule has 3 heterocycles. The summed E-state index contributed by atoms with van der Waals surface area (Å²) in [7, 11) is 0. The SMILES string of the molecule is Cc1ccc(C)c(Cn2nnc3c(=O)[nH]c(C4CCN(C(=O)CCc5ccccc5)CC4)nc32)c1. The van der Waals surface area contributed by atoms with E-state index in [1.165, 1.54) is 11.1 Å². The van der Waals surface area contributed by atoms with Crippen LogP contribution in [0.4, 0.5) is 0 Å². The van der Waals surface area contributed by atoms with E-state index in [2.05, 4.69) is 59.5 Å². The van der Waals surface area contributed by atoms with Crippen molar-refractivity contribution in [2.45, 2.75) is 52.0 Å². The van der Waals surface area contributed by atoms with Crippen LogP contribution in [0.5, 0.6) is 0 Å². The molecule has 1 aliphatic rings. The normalized spacial score (nSPS) is 14.5. The molecule has 0 aliphatic carbocycles. The summed E-state index contributed by atoms with van der Waals surface area (Å²) >= 11 is 0. The van der Waals surface area contributed by atoms with Crippen LogP contribution < -0.4 is 5.56 Å². The molecule has 2 aromatic heterocycles. The lowest BCUT2D eigenvalue weighted by Gasteiger charge is -2.31. The van der Waals surface area contributed by atoms with Crippen LogP contribution in [0, 0.1) is 13.8 Å². The number of aryl methyl sites for hydroxylation is 3. The first-order valence-electron chi connectivity index (χ1n) is 12.2. The Morgan fingerprint density at radius 2 is 1.86 bits per heavy atom. The van der Waals surface area contributed by atoms with Gasteiger partial charge in [0.25, 0.3) is 5.56 Å². The predicted octanol–water partition coefficient (Wildman–Crippen LogP) is 3.52. The molecule has 0 bridgehead atoms. The molecule has 0 unspecified atom stereocenters. The average molecular weight is 471 g/mol. The molecule has 2 aromatic carbocycles. The number of likely N-dealkylation sites (tertiary alicyclic amines) is 1. The molecule has 5 rings (SSSR count). The fourth-order valence-corrected chi connectivity index (χ4v) is 4.77. The van der Waals surface area contributed by atoms with Crippen molar-refractivity contribution in [2.75, 3.05) is 13.1 Å². The summed E-state index contributed by atoms with van der Waals surface area (Å²) < 4.78 is 1.71. The molecule has 1 N–H and O–H groups in total. The molecule has 8 nitrogen and oxygen atoms in total. The summed E-state index contributed by atoms with van der Waals surface area (Å²) in [6.45, 7) is 5.96. The quantitative estimate of drug-likeness (QED) is 0.465. The second-order valence-electron chi connectivity index (χ2n) is 9.44. The molecule has 0 saturated carbocycles. The van der Waals surface area contributed by atoms with Gasteiger partial charge in [0.2, 0.25) is 5.91 Å². The Bertz CT molecular complexity index is 1400. The maximum absolute atomic E-state index is 12.7. The van der Waals surface area contributed by atoms with Crippen molar-refractivity contribution in [3.05, 3.63) is 87.0 Å². The number of carbonyl (C=O) groups excluding carboxylic acids is 1. The minimum Gasteiger partial charge on any atom is -0.343 e.